The Hall–Kier alpha value is -1.56. The van der Waals surface area contributed by atoms with Crippen LogP contribution in [0.2, 0.25) is 0 Å². The van der Waals surface area contributed by atoms with E-state index in [0.717, 1.165) is 18.2 Å². The van der Waals surface area contributed by atoms with Gasteiger partial charge in [0.2, 0.25) is 0 Å². The Kier molecular flexibility index (Phi) is 2.52. The van der Waals surface area contributed by atoms with Gasteiger partial charge < -0.3 is 10.2 Å². The molecule has 70 valence electrons. The lowest BCUT2D eigenvalue weighted by atomic mass is 10.2. The highest BCUT2D eigenvalue weighted by Crippen LogP contribution is 2.19. The van der Waals surface area contributed by atoms with Gasteiger partial charge in [0.05, 0.1) is 4.90 Å². The van der Waals surface area contributed by atoms with Crippen molar-refractivity contribution in [1.82, 2.24) is 0 Å². The molecule has 0 saturated carbocycles. The van der Waals surface area contributed by atoms with Crippen LogP contribution in [0.1, 0.15) is 10.4 Å². The number of benzene rings is 1. The lowest BCUT2D eigenvalue weighted by Crippen LogP contribution is -1.96. The summed E-state index contributed by atoms with van der Waals surface area (Å²) in [6.07, 6.45) is 0. The largest absolute Gasteiger partial charge is 0.507 e. The van der Waals surface area contributed by atoms with Crippen molar-refractivity contribution in [1.29, 1.82) is 0 Å². The molecule has 6 heteroatoms. The number of carboxylic acid groups (broad SMARTS) is 1. The fourth-order valence-corrected chi connectivity index (χ4v) is 1.24. The standard InChI is InChI=1S/C7H6O5S/c8-6-3-4(13(11)12)1-2-5(6)7(9)10/h1-3,8,13H,(H,9,10). The highest BCUT2D eigenvalue weighted by molar-refractivity contribution is 7.72. The monoisotopic (exact) mass is 202 g/mol. The van der Waals surface area contributed by atoms with E-state index in [-0.39, 0.29) is 10.5 Å². The normalized spacial score (nSPS) is 10.2. The van der Waals surface area contributed by atoms with Crippen LogP contribution >= 0.6 is 0 Å². The molecule has 0 aliphatic rings. The van der Waals surface area contributed by atoms with E-state index >= 15 is 0 Å². The molecular formula is C7H6O5S. The van der Waals surface area contributed by atoms with Crippen molar-refractivity contribution in [3.8, 4) is 5.75 Å². The van der Waals surface area contributed by atoms with Gasteiger partial charge in [0.1, 0.15) is 11.3 Å². The third kappa shape index (κ3) is 1.97. The summed E-state index contributed by atoms with van der Waals surface area (Å²) in [5.74, 6) is -1.85. The van der Waals surface area contributed by atoms with E-state index in [4.69, 9.17) is 10.2 Å². The van der Waals surface area contributed by atoms with Crippen LogP contribution in [-0.4, -0.2) is 24.6 Å². The van der Waals surface area contributed by atoms with Crippen molar-refractivity contribution < 1.29 is 23.4 Å². The molecule has 2 N–H and O–H groups in total. The number of phenols is 1. The maximum Gasteiger partial charge on any atom is 0.339 e. The molecule has 1 aromatic rings. The minimum atomic E-state index is -2.80. The molecule has 0 heterocycles. The second-order valence-electron chi connectivity index (χ2n) is 2.26. The molecule has 0 unspecified atom stereocenters. The van der Waals surface area contributed by atoms with Crippen LogP contribution in [0.4, 0.5) is 0 Å². The average molecular weight is 202 g/mol. The van der Waals surface area contributed by atoms with Crippen LogP contribution in [0.25, 0.3) is 0 Å². The molecule has 1 rings (SSSR count). The Balaban J connectivity index is 3.28. The number of hydrogen-bond acceptors (Lipinski definition) is 4. The van der Waals surface area contributed by atoms with Crippen molar-refractivity contribution in [3.63, 3.8) is 0 Å². The van der Waals surface area contributed by atoms with E-state index in [1.54, 1.807) is 0 Å². The van der Waals surface area contributed by atoms with E-state index in [2.05, 4.69) is 0 Å². The van der Waals surface area contributed by atoms with Crippen LogP contribution in [0.5, 0.6) is 5.75 Å². The first-order valence-electron chi connectivity index (χ1n) is 3.23. The zero-order valence-corrected chi connectivity index (χ0v) is 7.19. The summed E-state index contributed by atoms with van der Waals surface area (Å²) in [4.78, 5) is 10.3. The number of carbonyl (C=O) groups is 1. The second kappa shape index (κ2) is 3.44. The number of carboxylic acids is 1. The van der Waals surface area contributed by atoms with Gasteiger partial charge in [0.25, 0.3) is 0 Å². The molecule has 0 bridgehead atoms. The number of rotatable bonds is 2. The lowest BCUT2D eigenvalue weighted by Gasteiger charge is -1.98. The molecule has 0 fully saturated rings. The van der Waals surface area contributed by atoms with Gasteiger partial charge in [-0.2, -0.15) is 0 Å². The first-order valence-corrected chi connectivity index (χ1v) is 4.41. The lowest BCUT2D eigenvalue weighted by molar-refractivity contribution is 0.0693. The fraction of sp³-hybridized carbons (Fsp3) is 0. The van der Waals surface area contributed by atoms with Gasteiger partial charge in [-0.05, 0) is 18.2 Å². The fourth-order valence-electron chi connectivity index (χ4n) is 0.814. The van der Waals surface area contributed by atoms with Crippen LogP contribution in [0.3, 0.4) is 0 Å². The van der Waals surface area contributed by atoms with Crippen molar-refractivity contribution >= 4 is 16.7 Å². The van der Waals surface area contributed by atoms with Gasteiger partial charge in [-0.25, -0.2) is 13.2 Å². The van der Waals surface area contributed by atoms with Crippen molar-refractivity contribution in [3.05, 3.63) is 23.8 Å². The number of thiol groups is 1. The zero-order valence-electron chi connectivity index (χ0n) is 6.30. The summed E-state index contributed by atoms with van der Waals surface area (Å²) < 4.78 is 20.8. The van der Waals surface area contributed by atoms with Gasteiger partial charge in [0, 0.05) is 0 Å². The molecule has 0 aromatic heterocycles. The Morgan fingerprint density at radius 1 is 1.31 bits per heavy atom. The molecule has 0 spiro atoms. The maximum atomic E-state index is 10.4. The Morgan fingerprint density at radius 3 is 2.31 bits per heavy atom. The maximum absolute atomic E-state index is 10.4. The molecule has 13 heavy (non-hydrogen) atoms. The minimum absolute atomic E-state index is 0.113. The summed E-state index contributed by atoms with van der Waals surface area (Å²) in [6.45, 7) is 0. The highest BCUT2D eigenvalue weighted by Gasteiger charge is 2.09. The summed E-state index contributed by atoms with van der Waals surface area (Å²) in [5, 5.41) is 17.5. The molecule has 0 aliphatic carbocycles. The zero-order chi connectivity index (χ0) is 10.0. The van der Waals surface area contributed by atoms with E-state index in [1.807, 2.05) is 0 Å². The molecule has 0 radical (unpaired) electrons. The summed E-state index contributed by atoms with van der Waals surface area (Å²) in [6, 6.07) is 3.06. The smallest absolute Gasteiger partial charge is 0.339 e. The van der Waals surface area contributed by atoms with Crippen LogP contribution in [-0.2, 0) is 10.7 Å². The van der Waals surface area contributed by atoms with Crippen LogP contribution in [0, 0.1) is 0 Å². The predicted molar refractivity (Wildman–Crippen MR) is 43.6 cm³/mol. The molecule has 0 atom stereocenters. The quantitative estimate of drug-likeness (QED) is 0.590. The molecule has 0 amide bonds. The Morgan fingerprint density at radius 2 is 1.92 bits per heavy atom. The Bertz CT molecular complexity index is 413. The highest BCUT2D eigenvalue weighted by atomic mass is 32.2. The molecule has 0 aliphatic heterocycles. The van der Waals surface area contributed by atoms with E-state index in [9.17, 15) is 13.2 Å². The average Bonchev–Trinajstić information content (AvgIpc) is 2.03. The third-order valence-electron chi connectivity index (χ3n) is 1.42. The predicted octanol–water partition coefficient (Wildman–Crippen LogP) is 0.0607. The summed E-state index contributed by atoms with van der Waals surface area (Å²) in [5.41, 5.74) is -0.319. The minimum Gasteiger partial charge on any atom is -0.507 e. The first kappa shape index (κ1) is 9.53. The topological polar surface area (TPSA) is 91.7 Å². The van der Waals surface area contributed by atoms with Gasteiger partial charge >= 0.3 is 5.97 Å². The third-order valence-corrected chi connectivity index (χ3v) is 2.12. The van der Waals surface area contributed by atoms with Crippen LogP contribution in [0.15, 0.2) is 23.1 Å². The molecular weight excluding hydrogens is 196 g/mol. The van der Waals surface area contributed by atoms with Crippen molar-refractivity contribution in [2.45, 2.75) is 4.90 Å². The SMILES string of the molecule is O=C(O)c1ccc([SH](=O)=O)cc1O. The Labute approximate surface area is 75.2 Å². The summed E-state index contributed by atoms with van der Waals surface area (Å²) in [7, 11) is -2.80. The van der Waals surface area contributed by atoms with Crippen molar-refractivity contribution in [2.24, 2.45) is 0 Å². The first-order chi connectivity index (χ1) is 6.02. The number of aromatic hydroxyl groups is 1. The van der Waals surface area contributed by atoms with Crippen LogP contribution < -0.4 is 0 Å². The van der Waals surface area contributed by atoms with E-state index in [1.165, 1.54) is 0 Å². The molecule has 0 saturated heterocycles. The van der Waals surface area contributed by atoms with Gasteiger partial charge in [0.15, 0.2) is 10.7 Å². The van der Waals surface area contributed by atoms with Gasteiger partial charge in [-0.15, -0.1) is 0 Å². The second-order valence-corrected chi connectivity index (χ2v) is 3.29. The van der Waals surface area contributed by atoms with Crippen molar-refractivity contribution in [2.75, 3.05) is 0 Å². The van der Waals surface area contributed by atoms with Gasteiger partial charge in [-0.1, -0.05) is 0 Å². The summed E-state index contributed by atoms with van der Waals surface area (Å²) >= 11 is 0. The molecule has 1 aromatic carbocycles. The van der Waals surface area contributed by atoms with E-state index in [0.29, 0.717) is 0 Å². The number of aromatic carboxylic acids is 1. The number of hydrogen-bond donors (Lipinski definition) is 3. The molecule has 5 nitrogen and oxygen atoms in total. The van der Waals surface area contributed by atoms with Gasteiger partial charge in [-0.3, -0.25) is 0 Å². The van der Waals surface area contributed by atoms with E-state index < -0.39 is 22.4 Å².